The summed E-state index contributed by atoms with van der Waals surface area (Å²) in [5.41, 5.74) is 0.151. The molecule has 0 aliphatic carbocycles. The lowest BCUT2D eigenvalue weighted by molar-refractivity contribution is 0.244. The Balaban J connectivity index is 2.34. The van der Waals surface area contributed by atoms with Gasteiger partial charge in [0, 0.05) is 18.0 Å². The van der Waals surface area contributed by atoms with Gasteiger partial charge in [-0.3, -0.25) is 0 Å². The van der Waals surface area contributed by atoms with Crippen molar-refractivity contribution in [2.24, 2.45) is 5.92 Å². The van der Waals surface area contributed by atoms with Crippen molar-refractivity contribution in [2.75, 3.05) is 13.2 Å². The van der Waals surface area contributed by atoms with Crippen molar-refractivity contribution in [3.8, 4) is 5.75 Å². The second-order valence-corrected chi connectivity index (χ2v) is 5.88. The van der Waals surface area contributed by atoms with Gasteiger partial charge in [-0.15, -0.1) is 0 Å². The van der Waals surface area contributed by atoms with E-state index in [0.29, 0.717) is 17.5 Å². The first-order chi connectivity index (χ1) is 7.88. The number of rotatable bonds is 5. The van der Waals surface area contributed by atoms with Crippen molar-refractivity contribution in [3.05, 3.63) is 29.3 Å². The highest BCUT2D eigenvalue weighted by Gasteiger charge is 2.11. The molecule has 0 saturated carbocycles. The minimum absolute atomic E-state index is 0.151. The van der Waals surface area contributed by atoms with Crippen molar-refractivity contribution < 1.29 is 4.74 Å². The average molecular weight is 256 g/mol. The Kier molecular flexibility index (Phi) is 5.29. The summed E-state index contributed by atoms with van der Waals surface area (Å²) in [5.74, 6) is 1.21. The van der Waals surface area contributed by atoms with Gasteiger partial charge in [-0.2, -0.15) is 0 Å². The molecular formula is C14H22ClNO. The van der Waals surface area contributed by atoms with Crippen LogP contribution in [0.25, 0.3) is 0 Å². The van der Waals surface area contributed by atoms with Crippen molar-refractivity contribution >= 4 is 11.6 Å². The van der Waals surface area contributed by atoms with Crippen molar-refractivity contribution in [1.29, 1.82) is 0 Å². The quantitative estimate of drug-likeness (QED) is 0.865. The standard InChI is InChI=1S/C14H22ClNO/c1-11(9-16-14(2,3)4)10-17-13-8-6-5-7-12(13)15/h5-8,11,16H,9-10H2,1-4H3. The molecule has 3 heteroatoms. The largest absolute Gasteiger partial charge is 0.492 e. The van der Waals surface area contributed by atoms with Crippen LogP contribution in [0.5, 0.6) is 5.75 Å². The number of benzene rings is 1. The number of para-hydroxylation sites is 1. The SMILES string of the molecule is CC(CNC(C)(C)C)COc1ccccc1Cl. The van der Waals surface area contributed by atoms with E-state index in [-0.39, 0.29) is 5.54 Å². The second-order valence-electron chi connectivity index (χ2n) is 5.48. The fraction of sp³-hybridized carbons (Fsp3) is 0.571. The van der Waals surface area contributed by atoms with E-state index >= 15 is 0 Å². The van der Waals surface area contributed by atoms with Gasteiger partial charge >= 0.3 is 0 Å². The smallest absolute Gasteiger partial charge is 0.137 e. The number of ether oxygens (including phenoxy) is 1. The third-order valence-corrected chi connectivity index (χ3v) is 2.65. The Morgan fingerprint density at radius 1 is 1.29 bits per heavy atom. The second kappa shape index (κ2) is 6.27. The van der Waals surface area contributed by atoms with Crippen molar-refractivity contribution in [2.45, 2.75) is 33.2 Å². The van der Waals surface area contributed by atoms with Gasteiger partial charge in [0.2, 0.25) is 0 Å². The fourth-order valence-electron chi connectivity index (χ4n) is 1.33. The molecule has 2 nitrogen and oxygen atoms in total. The minimum Gasteiger partial charge on any atom is -0.492 e. The molecule has 0 saturated heterocycles. The van der Waals surface area contributed by atoms with E-state index < -0.39 is 0 Å². The molecule has 0 aliphatic rings. The van der Waals surface area contributed by atoms with Gasteiger partial charge < -0.3 is 10.1 Å². The van der Waals surface area contributed by atoms with E-state index in [1.54, 1.807) is 0 Å². The Morgan fingerprint density at radius 3 is 2.53 bits per heavy atom. The summed E-state index contributed by atoms with van der Waals surface area (Å²) in [4.78, 5) is 0. The van der Waals surface area contributed by atoms with Crippen LogP contribution in [0.2, 0.25) is 5.02 Å². The summed E-state index contributed by atoms with van der Waals surface area (Å²) in [5, 5.41) is 4.13. The zero-order valence-electron chi connectivity index (χ0n) is 11.1. The summed E-state index contributed by atoms with van der Waals surface area (Å²) in [6.45, 7) is 10.3. The predicted molar refractivity (Wildman–Crippen MR) is 73.9 cm³/mol. The maximum absolute atomic E-state index is 6.02. The molecule has 0 spiro atoms. The van der Waals surface area contributed by atoms with Gasteiger partial charge in [-0.1, -0.05) is 30.7 Å². The van der Waals surface area contributed by atoms with Crippen LogP contribution in [0.3, 0.4) is 0 Å². The first-order valence-corrected chi connectivity index (χ1v) is 6.38. The van der Waals surface area contributed by atoms with E-state index in [4.69, 9.17) is 16.3 Å². The highest BCUT2D eigenvalue weighted by molar-refractivity contribution is 6.32. The van der Waals surface area contributed by atoms with Gasteiger partial charge in [0.15, 0.2) is 0 Å². The summed E-state index contributed by atoms with van der Waals surface area (Å²) in [6, 6.07) is 7.57. The van der Waals surface area contributed by atoms with E-state index in [1.165, 1.54) is 0 Å². The molecule has 1 aromatic rings. The van der Waals surface area contributed by atoms with Gasteiger partial charge in [0.05, 0.1) is 11.6 Å². The van der Waals surface area contributed by atoms with Crippen LogP contribution in [0.4, 0.5) is 0 Å². The fourth-order valence-corrected chi connectivity index (χ4v) is 1.52. The van der Waals surface area contributed by atoms with Crippen LogP contribution in [0, 0.1) is 5.92 Å². The molecule has 17 heavy (non-hydrogen) atoms. The first-order valence-electron chi connectivity index (χ1n) is 6.01. The first kappa shape index (κ1) is 14.3. The molecule has 1 aromatic carbocycles. The van der Waals surface area contributed by atoms with Gasteiger partial charge in [-0.25, -0.2) is 0 Å². The van der Waals surface area contributed by atoms with Crippen LogP contribution < -0.4 is 10.1 Å². The van der Waals surface area contributed by atoms with Crippen molar-refractivity contribution in [1.82, 2.24) is 5.32 Å². The normalized spacial score (nSPS) is 13.5. The number of halogens is 1. The minimum atomic E-state index is 0.151. The highest BCUT2D eigenvalue weighted by Crippen LogP contribution is 2.23. The topological polar surface area (TPSA) is 21.3 Å². The van der Waals surface area contributed by atoms with Crippen LogP contribution in [0.15, 0.2) is 24.3 Å². The summed E-state index contributed by atoms with van der Waals surface area (Å²) in [7, 11) is 0. The van der Waals surface area contributed by atoms with Crippen molar-refractivity contribution in [3.63, 3.8) is 0 Å². The van der Waals surface area contributed by atoms with E-state index in [2.05, 4.69) is 33.0 Å². The molecular weight excluding hydrogens is 234 g/mol. The molecule has 0 fully saturated rings. The Hall–Kier alpha value is -0.730. The third-order valence-electron chi connectivity index (χ3n) is 2.34. The lowest BCUT2D eigenvalue weighted by Crippen LogP contribution is -2.39. The molecule has 1 N–H and O–H groups in total. The summed E-state index contributed by atoms with van der Waals surface area (Å²) in [6.07, 6.45) is 0. The van der Waals surface area contributed by atoms with E-state index in [0.717, 1.165) is 12.3 Å². The Bertz CT molecular complexity index is 346. The van der Waals surface area contributed by atoms with Crippen LogP contribution >= 0.6 is 11.6 Å². The van der Waals surface area contributed by atoms with Crippen LogP contribution in [-0.2, 0) is 0 Å². The monoisotopic (exact) mass is 255 g/mol. The highest BCUT2D eigenvalue weighted by atomic mass is 35.5. The van der Waals surface area contributed by atoms with E-state index in [1.807, 2.05) is 24.3 Å². The van der Waals surface area contributed by atoms with Gasteiger partial charge in [0.1, 0.15) is 5.75 Å². The van der Waals surface area contributed by atoms with E-state index in [9.17, 15) is 0 Å². The average Bonchev–Trinajstić information content (AvgIpc) is 2.24. The van der Waals surface area contributed by atoms with Crippen LogP contribution in [-0.4, -0.2) is 18.7 Å². The summed E-state index contributed by atoms with van der Waals surface area (Å²) >= 11 is 6.02. The van der Waals surface area contributed by atoms with Gasteiger partial charge in [-0.05, 0) is 32.9 Å². The third kappa shape index (κ3) is 5.94. The summed E-state index contributed by atoms with van der Waals surface area (Å²) < 4.78 is 5.69. The number of hydrogen-bond donors (Lipinski definition) is 1. The lowest BCUT2D eigenvalue weighted by atomic mass is 10.1. The van der Waals surface area contributed by atoms with Gasteiger partial charge in [0.25, 0.3) is 0 Å². The predicted octanol–water partition coefficient (Wildman–Crippen LogP) is 3.74. The molecule has 0 heterocycles. The molecule has 0 amide bonds. The van der Waals surface area contributed by atoms with Crippen LogP contribution in [0.1, 0.15) is 27.7 Å². The maximum atomic E-state index is 6.02. The zero-order valence-corrected chi connectivity index (χ0v) is 11.8. The number of nitrogens with one attached hydrogen (secondary N) is 1. The molecule has 1 rings (SSSR count). The molecule has 96 valence electrons. The Labute approximate surface area is 109 Å². The number of hydrogen-bond acceptors (Lipinski definition) is 2. The zero-order chi connectivity index (χ0) is 12.9. The lowest BCUT2D eigenvalue weighted by Gasteiger charge is -2.23. The molecule has 0 aromatic heterocycles. The molecule has 1 unspecified atom stereocenters. The molecule has 1 atom stereocenters. The molecule has 0 radical (unpaired) electrons. The maximum Gasteiger partial charge on any atom is 0.137 e. The Morgan fingerprint density at radius 2 is 1.94 bits per heavy atom. The molecule has 0 bridgehead atoms. The molecule has 0 aliphatic heterocycles.